The van der Waals surface area contributed by atoms with Crippen LogP contribution in [-0.4, -0.2) is 0 Å². The first-order valence-corrected chi connectivity index (χ1v) is 10.9. The molecule has 116 valence electrons. The van der Waals surface area contributed by atoms with Crippen molar-refractivity contribution in [3.8, 4) is 17.2 Å². The van der Waals surface area contributed by atoms with Crippen molar-refractivity contribution in [2.24, 2.45) is 0 Å². The van der Waals surface area contributed by atoms with Crippen LogP contribution in [0.5, 0.6) is 17.2 Å². The van der Waals surface area contributed by atoms with Gasteiger partial charge in [-0.1, -0.05) is 0 Å². The summed E-state index contributed by atoms with van der Waals surface area (Å²) in [6.07, 6.45) is 0. The van der Waals surface area contributed by atoms with E-state index in [-0.39, 0.29) is 0 Å². The maximum atomic E-state index is 6.15. The Bertz CT molecular complexity index is 616. The van der Waals surface area contributed by atoms with Crippen molar-refractivity contribution >= 4 is 0 Å². The minimum absolute atomic E-state index is 0.752. The Balaban J connectivity index is 1.85. The third-order valence-electron chi connectivity index (χ3n) is 3.14. The van der Waals surface area contributed by atoms with Gasteiger partial charge in [0.1, 0.15) is 0 Å². The summed E-state index contributed by atoms with van der Waals surface area (Å²) in [6.45, 7) is 0. The summed E-state index contributed by atoms with van der Waals surface area (Å²) in [4.78, 5) is 0. The van der Waals surface area contributed by atoms with Gasteiger partial charge in [-0.05, 0) is 0 Å². The zero-order chi connectivity index (χ0) is 16.0. The molecule has 0 radical (unpaired) electrons. The van der Waals surface area contributed by atoms with Crippen LogP contribution in [0, 0.1) is 0 Å². The van der Waals surface area contributed by atoms with Crippen molar-refractivity contribution in [1.29, 1.82) is 0 Å². The van der Waals surface area contributed by atoms with E-state index in [0.29, 0.717) is 0 Å². The summed E-state index contributed by atoms with van der Waals surface area (Å²) in [5.74, 6) is 2.26. The van der Waals surface area contributed by atoms with Crippen LogP contribution in [0.1, 0.15) is 0 Å². The Kier molecular flexibility index (Phi) is 5.01. The van der Waals surface area contributed by atoms with Crippen LogP contribution in [0.15, 0.2) is 91.0 Å². The van der Waals surface area contributed by atoms with E-state index in [9.17, 15) is 0 Å². The van der Waals surface area contributed by atoms with E-state index in [1.54, 1.807) is 0 Å². The molecule has 0 aromatic heterocycles. The summed E-state index contributed by atoms with van der Waals surface area (Å²) in [7, 11) is 0. The summed E-state index contributed by atoms with van der Waals surface area (Å²) in [5, 5.41) is 1.94. The molecule has 3 rings (SSSR count). The second kappa shape index (κ2) is 7.36. The van der Waals surface area contributed by atoms with E-state index < -0.39 is 17.8 Å². The third-order valence-corrected chi connectivity index (χ3v) is 5.98. The molecule has 0 atom stereocenters. The topological polar surface area (TPSA) is 27.7 Å². The van der Waals surface area contributed by atoms with Crippen LogP contribution < -0.4 is 9.96 Å². The molecule has 3 nitrogen and oxygen atoms in total. The zero-order valence-electron chi connectivity index (χ0n) is 12.9. The van der Waals surface area contributed by atoms with Gasteiger partial charge >= 0.3 is 141 Å². The van der Waals surface area contributed by atoms with Gasteiger partial charge in [-0.3, -0.25) is 0 Å². The molecule has 0 aliphatic rings. The van der Waals surface area contributed by atoms with Crippen molar-refractivity contribution in [1.82, 2.24) is 0 Å². The monoisotopic (exact) mass is 342 g/mol. The molecular formula is C19H18O3Ti. The van der Waals surface area contributed by atoms with Gasteiger partial charge in [0, 0.05) is 0 Å². The number of hydrogen-bond acceptors (Lipinski definition) is 3. The van der Waals surface area contributed by atoms with Crippen molar-refractivity contribution in [3.05, 3.63) is 91.0 Å². The molecule has 23 heavy (non-hydrogen) atoms. The third kappa shape index (κ3) is 4.62. The van der Waals surface area contributed by atoms with Crippen molar-refractivity contribution in [3.63, 3.8) is 0 Å². The van der Waals surface area contributed by atoms with Gasteiger partial charge < -0.3 is 0 Å². The fourth-order valence-corrected chi connectivity index (χ4v) is 5.01. The normalized spacial score (nSPS) is 10.8. The molecule has 0 unspecified atom stereocenters. The van der Waals surface area contributed by atoms with Crippen LogP contribution >= 0.6 is 0 Å². The van der Waals surface area contributed by atoms with Gasteiger partial charge in [-0.25, -0.2) is 0 Å². The molecular weight excluding hydrogens is 324 g/mol. The maximum absolute atomic E-state index is 6.15. The predicted octanol–water partition coefficient (Wildman–Crippen LogP) is 5.17. The summed E-state index contributed by atoms with van der Waals surface area (Å²) in [5.41, 5.74) is 0. The van der Waals surface area contributed by atoms with Gasteiger partial charge in [-0.15, -0.1) is 0 Å². The van der Waals surface area contributed by atoms with Gasteiger partial charge in [0.15, 0.2) is 0 Å². The van der Waals surface area contributed by atoms with Crippen LogP contribution in [0.3, 0.4) is 0 Å². The number of benzene rings is 3. The van der Waals surface area contributed by atoms with E-state index >= 15 is 0 Å². The Morgan fingerprint density at radius 2 is 0.739 bits per heavy atom. The standard InChI is InChI=1S/3C6H6O.CH3.Ti/c3*7-6-4-2-1-3-5-6;;/h3*1-5,7H;1H3;/q;;;;+3/p-3. The quantitative estimate of drug-likeness (QED) is 0.579. The minimum atomic E-state index is -3.56. The Morgan fingerprint density at radius 1 is 0.478 bits per heavy atom. The Morgan fingerprint density at radius 3 is 1.00 bits per heavy atom. The SMILES string of the molecule is [CH3][Ti]([O]c1ccccc1)([O]c1ccccc1)[O]c1ccccc1. The van der Waals surface area contributed by atoms with Crippen LogP contribution in [-0.2, 0) is 17.8 Å². The molecule has 3 aromatic carbocycles. The van der Waals surface area contributed by atoms with E-state index in [4.69, 9.17) is 9.96 Å². The molecule has 0 N–H and O–H groups in total. The molecule has 0 saturated carbocycles. The molecule has 0 bridgehead atoms. The van der Waals surface area contributed by atoms with Gasteiger partial charge in [0.05, 0.1) is 0 Å². The van der Waals surface area contributed by atoms with E-state index in [0.717, 1.165) is 17.2 Å². The van der Waals surface area contributed by atoms with Crippen molar-refractivity contribution < 1.29 is 27.7 Å². The zero-order valence-corrected chi connectivity index (χ0v) is 14.4. The second-order valence-electron chi connectivity index (χ2n) is 5.11. The van der Waals surface area contributed by atoms with E-state index in [1.165, 1.54) is 0 Å². The Hall–Kier alpha value is -2.23. The first-order chi connectivity index (χ1) is 11.2. The summed E-state index contributed by atoms with van der Waals surface area (Å²) in [6, 6.07) is 28.9. The first-order valence-electron chi connectivity index (χ1n) is 7.46. The molecule has 4 heteroatoms. The van der Waals surface area contributed by atoms with Crippen LogP contribution in [0.4, 0.5) is 0 Å². The number of rotatable bonds is 6. The van der Waals surface area contributed by atoms with Gasteiger partial charge in [0.25, 0.3) is 0 Å². The summed E-state index contributed by atoms with van der Waals surface area (Å²) < 4.78 is 18.5. The summed E-state index contributed by atoms with van der Waals surface area (Å²) >= 11 is -3.56. The van der Waals surface area contributed by atoms with Crippen molar-refractivity contribution in [2.45, 2.75) is 5.23 Å². The molecule has 0 aliphatic heterocycles. The van der Waals surface area contributed by atoms with Gasteiger partial charge in [0.2, 0.25) is 0 Å². The average Bonchev–Trinajstić information content (AvgIpc) is 2.57. The fourth-order valence-electron chi connectivity index (χ4n) is 2.17. The molecule has 0 aliphatic carbocycles. The molecule has 0 saturated heterocycles. The molecule has 3 aromatic rings. The second-order valence-corrected chi connectivity index (χ2v) is 8.76. The van der Waals surface area contributed by atoms with Crippen LogP contribution in [0.25, 0.3) is 0 Å². The van der Waals surface area contributed by atoms with E-state index in [2.05, 4.69) is 0 Å². The molecule has 0 spiro atoms. The number of hydrogen-bond donors (Lipinski definition) is 0. The van der Waals surface area contributed by atoms with Gasteiger partial charge in [-0.2, -0.15) is 0 Å². The molecule has 0 amide bonds. The average molecular weight is 342 g/mol. The fraction of sp³-hybridized carbons (Fsp3) is 0.0526. The molecule has 0 fully saturated rings. The van der Waals surface area contributed by atoms with E-state index in [1.807, 2.05) is 96.2 Å². The first kappa shape index (κ1) is 15.7. The predicted molar refractivity (Wildman–Crippen MR) is 87.1 cm³/mol. The number of para-hydroxylation sites is 3. The van der Waals surface area contributed by atoms with Crippen LogP contribution in [0.2, 0.25) is 5.23 Å². The van der Waals surface area contributed by atoms with Crippen molar-refractivity contribution in [2.75, 3.05) is 0 Å². The molecule has 0 heterocycles. The Labute approximate surface area is 141 Å².